The number of nitrogens with zero attached hydrogens (tertiary/aromatic N) is 1. The van der Waals surface area contributed by atoms with Gasteiger partial charge < -0.3 is 47.3 Å². The lowest BCUT2D eigenvalue weighted by atomic mass is 10.2. The van der Waals surface area contributed by atoms with Crippen LogP contribution in [-0.2, 0) is 47.4 Å². The molecule has 24 heteroatoms. The van der Waals surface area contributed by atoms with Gasteiger partial charge >= 0.3 is 35.3 Å². The summed E-state index contributed by atoms with van der Waals surface area (Å²) >= 11 is 0. The number of rotatable bonds is 17. The predicted molar refractivity (Wildman–Crippen MR) is 169 cm³/mol. The number of ether oxygens (including phenoxy) is 3. The van der Waals surface area contributed by atoms with Gasteiger partial charge in [0.2, 0.25) is 0 Å². The molecule has 0 aliphatic carbocycles. The van der Waals surface area contributed by atoms with E-state index < -0.39 is 66.4 Å². The van der Waals surface area contributed by atoms with Crippen molar-refractivity contribution in [2.45, 2.75) is 58.5 Å². The third-order valence-corrected chi connectivity index (χ3v) is 10.0. The Morgan fingerprint density at radius 1 is 0.917 bits per heavy atom. The van der Waals surface area contributed by atoms with Gasteiger partial charge in [0.05, 0.1) is 19.8 Å². The molecule has 13 N–H and O–H groups in total. The van der Waals surface area contributed by atoms with E-state index in [-0.39, 0.29) is 41.9 Å². The first-order valence-corrected chi connectivity index (χ1v) is 17.9. The predicted octanol–water partition coefficient (Wildman–Crippen LogP) is 4.45. The van der Waals surface area contributed by atoms with Gasteiger partial charge in [-0.1, -0.05) is 44.4 Å². The third-order valence-electron chi connectivity index (χ3n) is 5.78. The molecule has 0 saturated heterocycles. The summed E-state index contributed by atoms with van der Waals surface area (Å²) in [5, 5.41) is 0. The van der Waals surface area contributed by atoms with Crippen LogP contribution in [0.3, 0.4) is 0 Å². The second-order valence-corrected chi connectivity index (χ2v) is 14.1. The number of hydrogen-bond donors (Lipinski definition) is 7. The van der Waals surface area contributed by atoms with Gasteiger partial charge in [-0.15, -0.1) is 0 Å². The summed E-state index contributed by atoms with van der Waals surface area (Å²) in [6.07, 6.45) is 4.72. The Labute approximate surface area is 274 Å². The standard InChI is InChI=1S/C24H33N2O16P3.3H3N/c1-3-4-5-6-13-36-24(29)40-19-9-7-18(8-10-19)15-37-43(30,31)41-45(34,35)42-44(32,33)38-16-20-11-12-21(39-20)26-14-17(2)22(27)25-23(26)28;;;/h7-12,14,20-21H,3-6,13,15-16H2,1-2H3,(H,30,31)(H,32,33)(H,34,35)(H,25,27,28);3*1H3/t20-,21+;;;/m0.../s1. The van der Waals surface area contributed by atoms with Gasteiger partial charge in [-0.25, -0.2) is 23.3 Å². The smallest absolute Gasteiger partial charge is 0.434 e. The molecule has 3 rings (SSSR count). The summed E-state index contributed by atoms with van der Waals surface area (Å²) in [5.41, 5.74) is -0.889. The fraction of sp³-hybridized carbons (Fsp3) is 0.458. The van der Waals surface area contributed by atoms with Crippen LogP contribution < -0.4 is 34.4 Å². The average molecular weight is 750 g/mol. The lowest BCUT2D eigenvalue weighted by Crippen LogP contribution is -2.33. The Hall–Kier alpha value is -2.84. The monoisotopic (exact) mass is 749 g/mol. The van der Waals surface area contributed by atoms with Crippen LogP contribution in [-0.4, -0.2) is 49.7 Å². The van der Waals surface area contributed by atoms with Crippen LogP contribution in [0.15, 0.2) is 52.2 Å². The van der Waals surface area contributed by atoms with Gasteiger partial charge in [0.25, 0.3) is 5.56 Å². The van der Waals surface area contributed by atoms with E-state index in [9.17, 15) is 42.8 Å². The van der Waals surface area contributed by atoms with Gasteiger partial charge in [-0.2, -0.15) is 8.62 Å². The SMILES string of the molecule is CCCCCCOC(=O)Oc1ccc(COP(=O)(O)OP(=O)(O)OP(=O)(O)OC[C@@H]2C=C[C@H](n3cc(C)c(=O)[nH]c3=O)O2)cc1.N.N.N. The highest BCUT2D eigenvalue weighted by Crippen LogP contribution is 2.67. The number of phosphoric ester groups is 2. The van der Waals surface area contributed by atoms with Crippen molar-refractivity contribution in [3.05, 3.63) is 74.6 Å². The minimum atomic E-state index is -5.72. The zero-order valence-corrected chi connectivity index (χ0v) is 28.9. The molecule has 1 aliphatic rings. The highest BCUT2D eigenvalue weighted by atomic mass is 31.3. The molecule has 1 aromatic carbocycles. The number of unbranched alkanes of at least 4 members (excludes halogenated alkanes) is 3. The Kier molecular flexibility index (Phi) is 18.8. The van der Waals surface area contributed by atoms with Gasteiger partial charge in [-0.3, -0.25) is 23.4 Å². The number of phosphoric acid groups is 3. The summed E-state index contributed by atoms with van der Waals surface area (Å²) in [6, 6.07) is 5.39. The van der Waals surface area contributed by atoms with Crippen molar-refractivity contribution in [2.24, 2.45) is 0 Å². The molecular weight excluding hydrogens is 707 g/mol. The first kappa shape index (κ1) is 45.2. The van der Waals surface area contributed by atoms with Gasteiger partial charge in [-0.05, 0) is 37.1 Å². The van der Waals surface area contributed by atoms with Crippen LogP contribution >= 0.6 is 23.5 Å². The van der Waals surface area contributed by atoms with E-state index in [1.807, 2.05) is 0 Å². The van der Waals surface area contributed by atoms with Crippen molar-refractivity contribution in [3.8, 4) is 5.75 Å². The quantitative estimate of drug-likeness (QED) is 0.0386. The molecule has 5 atom stereocenters. The number of nitrogens with one attached hydrogen (secondary N) is 1. The number of aryl methyl sites for hydroxylation is 1. The van der Waals surface area contributed by atoms with Gasteiger partial charge in [0.15, 0.2) is 6.23 Å². The maximum Gasteiger partial charge on any atom is 0.513 e. The fourth-order valence-corrected chi connectivity index (χ4v) is 7.13. The number of aromatic amines is 1. The van der Waals surface area contributed by atoms with Crippen LogP contribution in [0.25, 0.3) is 0 Å². The van der Waals surface area contributed by atoms with Crippen molar-refractivity contribution in [1.82, 2.24) is 28.0 Å². The molecule has 0 spiro atoms. The maximum absolute atomic E-state index is 12.2. The molecule has 2 heterocycles. The molecule has 0 saturated carbocycles. The Balaban J connectivity index is 0.00000736. The molecule has 21 nitrogen and oxygen atoms in total. The number of hydrogen-bond acceptors (Lipinski definition) is 16. The van der Waals surface area contributed by atoms with Crippen molar-refractivity contribution in [2.75, 3.05) is 13.2 Å². The number of H-pyrrole nitrogens is 1. The van der Waals surface area contributed by atoms with Crippen LogP contribution in [0.5, 0.6) is 5.75 Å². The summed E-state index contributed by atoms with van der Waals surface area (Å²) in [5.74, 6) is 0.113. The largest absolute Gasteiger partial charge is 0.513 e. The van der Waals surface area contributed by atoms with Crippen molar-refractivity contribution in [1.29, 1.82) is 0 Å². The molecule has 0 fully saturated rings. The molecule has 1 aromatic heterocycles. The minimum absolute atomic E-state index is 0. The number of aromatic nitrogens is 2. The van der Waals surface area contributed by atoms with Crippen molar-refractivity contribution >= 4 is 29.6 Å². The Morgan fingerprint density at radius 3 is 2.17 bits per heavy atom. The van der Waals surface area contributed by atoms with E-state index >= 15 is 0 Å². The number of carbonyl (C=O) groups excluding carboxylic acids is 1. The van der Waals surface area contributed by atoms with Crippen molar-refractivity contribution in [3.63, 3.8) is 0 Å². The van der Waals surface area contributed by atoms with Gasteiger partial charge in [0, 0.05) is 11.8 Å². The lowest BCUT2D eigenvalue weighted by Gasteiger charge is -2.20. The van der Waals surface area contributed by atoms with Crippen LogP contribution in [0.2, 0.25) is 0 Å². The molecule has 3 unspecified atom stereocenters. The van der Waals surface area contributed by atoms with E-state index in [0.717, 1.165) is 23.8 Å². The fourth-order valence-electron chi connectivity index (χ4n) is 3.63. The number of benzene rings is 1. The Morgan fingerprint density at radius 2 is 1.54 bits per heavy atom. The van der Waals surface area contributed by atoms with E-state index in [1.165, 1.54) is 49.5 Å². The molecule has 48 heavy (non-hydrogen) atoms. The highest BCUT2D eigenvalue weighted by molar-refractivity contribution is 7.66. The molecular formula is C24H42N5O16P3. The van der Waals surface area contributed by atoms with E-state index in [0.29, 0.717) is 6.42 Å². The Bertz CT molecular complexity index is 1620. The summed E-state index contributed by atoms with van der Waals surface area (Å²) in [4.78, 5) is 66.8. The highest BCUT2D eigenvalue weighted by Gasteiger charge is 2.42. The van der Waals surface area contributed by atoms with Gasteiger partial charge in [0.1, 0.15) is 11.9 Å². The second-order valence-electron chi connectivity index (χ2n) is 9.47. The topological polar surface area (TPSA) is 353 Å². The molecule has 1 aliphatic heterocycles. The van der Waals surface area contributed by atoms with E-state index in [2.05, 4.69) is 29.6 Å². The maximum atomic E-state index is 12.2. The van der Waals surface area contributed by atoms with Crippen molar-refractivity contribution < 1.29 is 65.0 Å². The summed E-state index contributed by atoms with van der Waals surface area (Å²) in [7, 11) is -16.4. The molecule has 0 radical (unpaired) electrons. The van der Waals surface area contributed by atoms with E-state index in [1.54, 1.807) is 0 Å². The first-order valence-electron chi connectivity index (χ1n) is 13.4. The number of carbonyl (C=O) groups is 1. The molecule has 2 aromatic rings. The van der Waals surface area contributed by atoms with E-state index in [4.69, 9.17) is 14.2 Å². The summed E-state index contributed by atoms with van der Waals surface area (Å²) < 4.78 is 70.5. The minimum Gasteiger partial charge on any atom is -0.434 e. The third kappa shape index (κ3) is 15.1. The second kappa shape index (κ2) is 20.0. The zero-order valence-electron chi connectivity index (χ0n) is 26.2. The lowest BCUT2D eigenvalue weighted by molar-refractivity contribution is -0.0105. The average Bonchev–Trinajstić information content (AvgIpc) is 3.41. The summed E-state index contributed by atoms with van der Waals surface area (Å²) in [6.45, 7) is 2.37. The molecule has 0 bridgehead atoms. The molecule has 274 valence electrons. The van der Waals surface area contributed by atoms with Crippen LogP contribution in [0.4, 0.5) is 4.79 Å². The van der Waals surface area contributed by atoms with Crippen LogP contribution in [0, 0.1) is 6.92 Å². The zero-order chi connectivity index (χ0) is 33.3. The molecule has 0 amide bonds. The first-order chi connectivity index (χ1) is 21.1. The normalized spacial score (nSPS) is 18.9. The van der Waals surface area contributed by atoms with Crippen LogP contribution in [0.1, 0.15) is 50.0 Å².